The largest absolute Gasteiger partial charge is 0.481 e. The van der Waals surface area contributed by atoms with Crippen LogP contribution in [-0.2, 0) is 9.36 Å². The number of thioether (sulfide) groups is 1. The lowest BCUT2D eigenvalue weighted by Gasteiger charge is -2.32. The average molecular weight is 407 g/mol. The lowest BCUT2D eigenvalue weighted by atomic mass is 9.81. The van der Waals surface area contributed by atoms with Gasteiger partial charge in [-0.2, -0.15) is 0 Å². The van der Waals surface area contributed by atoms with E-state index in [-0.39, 0.29) is 5.75 Å². The highest BCUT2D eigenvalue weighted by molar-refractivity contribution is 7.99. The van der Waals surface area contributed by atoms with Crippen LogP contribution in [0.15, 0.2) is 41.4 Å². The van der Waals surface area contributed by atoms with E-state index in [4.69, 9.17) is 0 Å². The van der Waals surface area contributed by atoms with Crippen molar-refractivity contribution in [1.29, 1.82) is 0 Å². The predicted molar refractivity (Wildman–Crippen MR) is 110 cm³/mol. The van der Waals surface area contributed by atoms with Gasteiger partial charge in [-0.3, -0.25) is 4.79 Å². The number of carbonyl (C=O) groups is 1. The molecular weight excluding hydrogens is 381 g/mol. The number of nitrogens with zero attached hydrogens (tertiary/aromatic N) is 1. The third kappa shape index (κ3) is 5.13. The second-order valence-corrected chi connectivity index (χ2v) is 9.60. The summed E-state index contributed by atoms with van der Waals surface area (Å²) in [5.41, 5.74) is 0.845. The molecule has 3 atom stereocenters. The molecule has 27 heavy (non-hydrogen) atoms. The van der Waals surface area contributed by atoms with Crippen molar-refractivity contribution in [3.63, 3.8) is 0 Å². The first kappa shape index (κ1) is 20.4. The molecule has 2 N–H and O–H groups in total. The molecule has 146 valence electrons. The normalized spacial score (nSPS) is 19.3. The monoisotopic (exact) mass is 407 g/mol. The van der Waals surface area contributed by atoms with Crippen LogP contribution in [0.2, 0.25) is 0 Å². The molecule has 1 heterocycles. The first-order valence-electron chi connectivity index (χ1n) is 9.42. The number of hydrogen-bond acceptors (Lipinski definition) is 5. The van der Waals surface area contributed by atoms with E-state index in [1.54, 1.807) is 0 Å². The van der Waals surface area contributed by atoms with Gasteiger partial charge in [0.15, 0.2) is 0 Å². The molecule has 1 saturated carbocycles. The number of rotatable bonds is 8. The summed E-state index contributed by atoms with van der Waals surface area (Å²) < 4.78 is 11.9. The Hall–Kier alpha value is -1.36. The van der Waals surface area contributed by atoms with E-state index in [1.807, 2.05) is 36.4 Å². The van der Waals surface area contributed by atoms with Crippen molar-refractivity contribution >= 4 is 37.1 Å². The minimum absolute atomic E-state index is 0.0703. The molecule has 3 unspecified atom stereocenters. The zero-order chi connectivity index (χ0) is 19.3. The fourth-order valence-electron chi connectivity index (χ4n) is 3.81. The Bertz CT molecular complexity index is 811. The quantitative estimate of drug-likeness (QED) is 0.497. The maximum absolute atomic E-state index is 11.9. The number of carboxylic acid groups (broad SMARTS) is 1. The van der Waals surface area contributed by atoms with Gasteiger partial charge in [-0.05, 0) is 24.5 Å². The molecule has 3 rings (SSSR count). The van der Waals surface area contributed by atoms with Gasteiger partial charge in [0.1, 0.15) is 5.34 Å². The number of aliphatic hydroxyl groups is 1. The molecular formula is C20H26NO4PS. The number of carboxylic acids is 1. The van der Waals surface area contributed by atoms with Crippen molar-refractivity contribution in [2.75, 3.05) is 5.75 Å². The Morgan fingerprint density at radius 1 is 1.22 bits per heavy atom. The summed E-state index contributed by atoms with van der Waals surface area (Å²) in [7, 11) is -1.64. The van der Waals surface area contributed by atoms with Crippen LogP contribution in [-0.4, -0.2) is 32.3 Å². The molecule has 0 spiro atoms. The molecule has 0 bridgehead atoms. The maximum Gasteiger partial charge on any atom is 0.309 e. The number of benzene rings is 1. The zero-order valence-corrected chi connectivity index (χ0v) is 17.2. The molecule has 1 aromatic heterocycles. The smallest absolute Gasteiger partial charge is 0.309 e. The Morgan fingerprint density at radius 2 is 1.96 bits per heavy atom. The van der Waals surface area contributed by atoms with Crippen LogP contribution in [0.3, 0.4) is 0 Å². The van der Waals surface area contributed by atoms with E-state index in [0.717, 1.165) is 36.6 Å². The maximum atomic E-state index is 11.9. The van der Waals surface area contributed by atoms with Gasteiger partial charge in [0.25, 0.3) is 0 Å². The van der Waals surface area contributed by atoms with E-state index in [1.165, 1.54) is 18.2 Å². The van der Waals surface area contributed by atoms with Crippen LogP contribution in [0.4, 0.5) is 0 Å². The summed E-state index contributed by atoms with van der Waals surface area (Å²) in [5, 5.41) is 20.7. The Labute approximate surface area is 164 Å². The van der Waals surface area contributed by atoms with Crippen LogP contribution < -0.4 is 0 Å². The number of aromatic nitrogens is 1. The van der Waals surface area contributed by atoms with Crippen molar-refractivity contribution in [3.8, 4) is 0 Å². The second kappa shape index (κ2) is 9.22. The molecule has 0 aliphatic heterocycles. The minimum atomic E-state index is -1.69. The molecule has 7 heteroatoms. The van der Waals surface area contributed by atoms with E-state index < -0.39 is 25.7 Å². The Kier molecular flexibility index (Phi) is 6.96. The number of aliphatic carboxylic acids is 1. The molecule has 0 amide bonds. The molecule has 1 fully saturated rings. The molecule has 0 radical (unpaired) electrons. The third-order valence-electron chi connectivity index (χ3n) is 5.42. The van der Waals surface area contributed by atoms with Crippen molar-refractivity contribution in [1.82, 2.24) is 4.98 Å². The highest BCUT2D eigenvalue weighted by Gasteiger charge is 2.42. The molecule has 0 saturated heterocycles. The summed E-state index contributed by atoms with van der Waals surface area (Å²) in [6.45, 7) is 0. The number of pyridine rings is 1. The molecule has 1 aliphatic rings. The van der Waals surface area contributed by atoms with Gasteiger partial charge < -0.3 is 14.8 Å². The van der Waals surface area contributed by atoms with Gasteiger partial charge in [0, 0.05) is 11.1 Å². The van der Waals surface area contributed by atoms with E-state index in [2.05, 4.69) is 4.98 Å². The summed E-state index contributed by atoms with van der Waals surface area (Å²) in [6, 6.07) is 11.5. The SMILES string of the molecule is O=[PH2]C(O)(CSc1ccc2ccccc2n1)C(CC1CCCCC1)C(=O)O. The van der Waals surface area contributed by atoms with Crippen molar-refractivity contribution in [2.45, 2.75) is 48.9 Å². The van der Waals surface area contributed by atoms with Crippen LogP contribution in [0, 0.1) is 11.8 Å². The third-order valence-corrected chi connectivity index (χ3v) is 7.86. The van der Waals surface area contributed by atoms with Crippen LogP contribution in [0.25, 0.3) is 10.9 Å². The fourth-order valence-corrected chi connectivity index (χ4v) is 5.68. The lowest BCUT2D eigenvalue weighted by Crippen LogP contribution is -2.41. The van der Waals surface area contributed by atoms with Crippen molar-refractivity contribution < 1.29 is 19.6 Å². The molecule has 2 aromatic rings. The predicted octanol–water partition coefficient (Wildman–Crippen LogP) is 4.44. The zero-order valence-electron chi connectivity index (χ0n) is 15.2. The van der Waals surface area contributed by atoms with Gasteiger partial charge in [0.2, 0.25) is 0 Å². The van der Waals surface area contributed by atoms with E-state index in [0.29, 0.717) is 17.4 Å². The minimum Gasteiger partial charge on any atom is -0.481 e. The van der Waals surface area contributed by atoms with Gasteiger partial charge >= 0.3 is 5.97 Å². The van der Waals surface area contributed by atoms with Gasteiger partial charge in [-0.1, -0.05) is 56.4 Å². The van der Waals surface area contributed by atoms with Crippen LogP contribution in [0.1, 0.15) is 38.5 Å². The number of para-hydroxylation sites is 1. The first-order valence-corrected chi connectivity index (χ1v) is 11.5. The summed E-state index contributed by atoms with van der Waals surface area (Å²) in [5.74, 6) is -1.69. The highest BCUT2D eigenvalue weighted by Crippen LogP contribution is 2.40. The van der Waals surface area contributed by atoms with Gasteiger partial charge in [0.05, 0.1) is 24.9 Å². The average Bonchev–Trinajstić information content (AvgIpc) is 2.70. The van der Waals surface area contributed by atoms with Crippen molar-refractivity contribution in [3.05, 3.63) is 36.4 Å². The summed E-state index contributed by atoms with van der Waals surface area (Å²) in [6.07, 6.45) is 5.78. The Morgan fingerprint density at radius 3 is 2.67 bits per heavy atom. The van der Waals surface area contributed by atoms with E-state index >= 15 is 0 Å². The standard InChI is InChI=1S/C20H26NO4PS/c22-19(23)16(12-14-6-2-1-3-7-14)20(24,26-25)13-27-18-11-10-15-8-4-5-9-17(15)21-18/h4-5,8-11,14,16,24H,1-3,6-7,12-13,26H2,(H,22,23). The number of hydrogen-bond donors (Lipinski definition) is 2. The summed E-state index contributed by atoms with van der Waals surface area (Å²) in [4.78, 5) is 16.4. The van der Waals surface area contributed by atoms with E-state index in [9.17, 15) is 19.6 Å². The lowest BCUT2D eigenvalue weighted by molar-refractivity contribution is -0.147. The second-order valence-electron chi connectivity index (χ2n) is 7.37. The summed E-state index contributed by atoms with van der Waals surface area (Å²) >= 11 is 1.27. The Balaban J connectivity index is 1.72. The molecule has 5 nitrogen and oxygen atoms in total. The molecule has 1 aromatic carbocycles. The van der Waals surface area contributed by atoms with Crippen molar-refractivity contribution in [2.24, 2.45) is 11.8 Å². The molecule has 1 aliphatic carbocycles. The highest BCUT2D eigenvalue weighted by atomic mass is 32.2. The van der Waals surface area contributed by atoms with Gasteiger partial charge in [-0.15, -0.1) is 11.8 Å². The first-order chi connectivity index (χ1) is 13.0. The number of fused-ring (bicyclic) bond motifs is 1. The fraction of sp³-hybridized carbons (Fsp3) is 0.500. The van der Waals surface area contributed by atoms with Gasteiger partial charge in [-0.25, -0.2) is 4.98 Å². The topological polar surface area (TPSA) is 87.5 Å². The van der Waals surface area contributed by atoms with Crippen LogP contribution >= 0.6 is 20.2 Å². The van der Waals surface area contributed by atoms with Crippen LogP contribution in [0.5, 0.6) is 0 Å².